The van der Waals surface area contributed by atoms with E-state index in [4.69, 9.17) is 5.11 Å². The molecule has 4 heteroatoms. The van der Waals surface area contributed by atoms with Crippen LogP contribution < -0.4 is 0 Å². The molecule has 0 saturated heterocycles. The first-order valence-corrected chi connectivity index (χ1v) is 7.79. The minimum Gasteiger partial charge on any atom is -0.478 e. The summed E-state index contributed by atoms with van der Waals surface area (Å²) in [5, 5.41) is 17.5. The van der Waals surface area contributed by atoms with Crippen LogP contribution in [0.15, 0.2) is 95.1 Å². The second kappa shape index (κ2) is 7.84. The van der Waals surface area contributed by atoms with Crippen LogP contribution in [-0.4, -0.2) is 23.0 Å². The van der Waals surface area contributed by atoms with Gasteiger partial charge in [0.15, 0.2) is 0 Å². The highest BCUT2D eigenvalue weighted by Crippen LogP contribution is 2.11. The number of carbonyl (C=O) groups is 1. The Bertz CT molecular complexity index is 858. The minimum atomic E-state index is -0.947. The Kier molecular flexibility index (Phi) is 5.12. The average molecular weight is 328 g/mol. The molecule has 3 aromatic carbocycles. The summed E-state index contributed by atoms with van der Waals surface area (Å²) in [7, 11) is 0. The molecule has 0 unspecified atom stereocenters. The summed E-state index contributed by atoms with van der Waals surface area (Å²) in [4.78, 5) is 10.9. The van der Waals surface area contributed by atoms with Crippen LogP contribution in [0.3, 0.4) is 0 Å². The quantitative estimate of drug-likeness (QED) is 0.562. The van der Waals surface area contributed by atoms with Crippen molar-refractivity contribution in [2.45, 2.75) is 0 Å². The molecule has 3 rings (SSSR count). The summed E-state index contributed by atoms with van der Waals surface area (Å²) >= 11 is 0. The lowest BCUT2D eigenvalue weighted by Crippen LogP contribution is -2.02. The van der Waals surface area contributed by atoms with E-state index < -0.39 is 5.97 Å². The highest BCUT2D eigenvalue weighted by Gasteiger charge is 2.05. The lowest BCUT2D eigenvalue weighted by Gasteiger charge is -2.05. The van der Waals surface area contributed by atoms with E-state index in [2.05, 4.69) is 10.2 Å². The molecule has 0 atom stereocenters. The van der Waals surface area contributed by atoms with E-state index >= 15 is 0 Å². The highest BCUT2D eigenvalue weighted by molar-refractivity contribution is 6.12. The molecule has 0 spiro atoms. The Hall–Kier alpha value is -3.53. The minimum absolute atomic E-state index is 0.245. The van der Waals surface area contributed by atoms with Crippen LogP contribution >= 0.6 is 0 Å². The monoisotopic (exact) mass is 328 g/mol. The summed E-state index contributed by atoms with van der Waals surface area (Å²) in [6, 6.07) is 26.2. The van der Waals surface area contributed by atoms with Crippen LogP contribution in [0.2, 0.25) is 0 Å². The van der Waals surface area contributed by atoms with Crippen molar-refractivity contribution in [1.29, 1.82) is 0 Å². The van der Waals surface area contributed by atoms with Crippen molar-refractivity contribution in [3.63, 3.8) is 0 Å². The van der Waals surface area contributed by atoms with Gasteiger partial charge in [0.25, 0.3) is 0 Å². The van der Waals surface area contributed by atoms with Gasteiger partial charge in [-0.25, -0.2) is 4.79 Å². The molecule has 25 heavy (non-hydrogen) atoms. The van der Waals surface area contributed by atoms with Gasteiger partial charge in [0.2, 0.25) is 0 Å². The largest absolute Gasteiger partial charge is 0.478 e. The first kappa shape index (κ1) is 16.3. The molecule has 0 bridgehead atoms. The van der Waals surface area contributed by atoms with Gasteiger partial charge < -0.3 is 5.11 Å². The van der Waals surface area contributed by atoms with Gasteiger partial charge in [-0.1, -0.05) is 72.8 Å². The van der Waals surface area contributed by atoms with Crippen molar-refractivity contribution in [2.75, 3.05) is 0 Å². The van der Waals surface area contributed by atoms with Crippen molar-refractivity contribution in [2.24, 2.45) is 10.2 Å². The van der Waals surface area contributed by atoms with Crippen molar-refractivity contribution in [3.05, 3.63) is 107 Å². The van der Waals surface area contributed by atoms with E-state index in [0.29, 0.717) is 0 Å². The van der Waals surface area contributed by atoms with Crippen LogP contribution in [0.5, 0.6) is 0 Å². The first-order chi connectivity index (χ1) is 12.2. The van der Waals surface area contributed by atoms with Gasteiger partial charge in [-0.05, 0) is 17.7 Å². The van der Waals surface area contributed by atoms with Gasteiger partial charge in [0, 0.05) is 11.1 Å². The van der Waals surface area contributed by atoms with E-state index in [1.54, 1.807) is 30.5 Å². The summed E-state index contributed by atoms with van der Waals surface area (Å²) in [5.41, 5.74) is 3.77. The SMILES string of the molecule is O=C(O)c1ccc(/C=N\N=C(c2ccccc2)c2ccccc2)cc1. The second-order valence-corrected chi connectivity index (χ2v) is 5.35. The third kappa shape index (κ3) is 4.26. The summed E-state index contributed by atoms with van der Waals surface area (Å²) in [5.74, 6) is -0.947. The smallest absolute Gasteiger partial charge is 0.335 e. The lowest BCUT2D eigenvalue weighted by atomic mass is 10.0. The van der Waals surface area contributed by atoms with E-state index in [1.807, 2.05) is 60.7 Å². The third-order valence-electron chi connectivity index (χ3n) is 3.62. The zero-order valence-corrected chi connectivity index (χ0v) is 13.4. The maximum atomic E-state index is 10.9. The fourth-order valence-corrected chi connectivity index (χ4v) is 2.34. The third-order valence-corrected chi connectivity index (χ3v) is 3.62. The molecular formula is C21H16N2O2. The van der Waals surface area contributed by atoms with E-state index in [9.17, 15) is 4.79 Å². The normalized spacial score (nSPS) is 10.6. The van der Waals surface area contributed by atoms with Crippen molar-refractivity contribution < 1.29 is 9.90 Å². The molecular weight excluding hydrogens is 312 g/mol. The summed E-state index contributed by atoms with van der Waals surface area (Å²) < 4.78 is 0. The molecule has 0 radical (unpaired) electrons. The van der Waals surface area contributed by atoms with Crippen LogP contribution in [0.1, 0.15) is 27.0 Å². The number of benzene rings is 3. The fourth-order valence-electron chi connectivity index (χ4n) is 2.34. The molecule has 0 amide bonds. The number of rotatable bonds is 5. The predicted molar refractivity (Wildman–Crippen MR) is 99.5 cm³/mol. The zero-order valence-electron chi connectivity index (χ0n) is 13.4. The number of aromatic carboxylic acids is 1. The predicted octanol–water partition coefficient (Wildman–Crippen LogP) is 4.26. The molecule has 0 aliphatic heterocycles. The molecule has 4 nitrogen and oxygen atoms in total. The summed E-state index contributed by atoms with van der Waals surface area (Å²) in [6.07, 6.45) is 1.61. The first-order valence-electron chi connectivity index (χ1n) is 7.79. The molecule has 122 valence electrons. The maximum absolute atomic E-state index is 10.9. The Morgan fingerprint density at radius 3 is 1.72 bits per heavy atom. The van der Waals surface area contributed by atoms with Gasteiger partial charge in [0.1, 0.15) is 5.71 Å². The van der Waals surface area contributed by atoms with Gasteiger partial charge in [0.05, 0.1) is 11.8 Å². The highest BCUT2D eigenvalue weighted by atomic mass is 16.4. The average Bonchev–Trinajstić information content (AvgIpc) is 2.67. The van der Waals surface area contributed by atoms with Crippen LogP contribution in [-0.2, 0) is 0 Å². The molecule has 3 aromatic rings. The zero-order chi connectivity index (χ0) is 17.5. The molecule has 1 N–H and O–H groups in total. The Balaban J connectivity index is 1.90. The van der Waals surface area contributed by atoms with Crippen LogP contribution in [0, 0.1) is 0 Å². The van der Waals surface area contributed by atoms with E-state index in [0.717, 1.165) is 22.4 Å². The molecule has 0 aromatic heterocycles. The number of carboxylic acid groups (broad SMARTS) is 1. The van der Waals surface area contributed by atoms with Gasteiger partial charge in [-0.2, -0.15) is 5.10 Å². The number of hydrogen-bond donors (Lipinski definition) is 1. The van der Waals surface area contributed by atoms with E-state index in [1.165, 1.54) is 0 Å². The van der Waals surface area contributed by atoms with Crippen molar-refractivity contribution >= 4 is 17.9 Å². The molecule has 0 saturated carbocycles. The van der Waals surface area contributed by atoms with Gasteiger partial charge in [-0.3, -0.25) is 0 Å². The topological polar surface area (TPSA) is 62.0 Å². The standard InChI is InChI=1S/C21H16N2O2/c24-21(25)19-13-11-16(12-14-19)15-22-23-20(17-7-3-1-4-8-17)18-9-5-2-6-10-18/h1-15H,(H,24,25)/b22-15-. The van der Waals surface area contributed by atoms with Gasteiger partial charge in [-0.15, -0.1) is 5.10 Å². The molecule has 0 aliphatic rings. The Labute approximate surface area is 145 Å². The lowest BCUT2D eigenvalue weighted by molar-refractivity contribution is 0.0697. The van der Waals surface area contributed by atoms with Gasteiger partial charge >= 0.3 is 5.97 Å². The second-order valence-electron chi connectivity index (χ2n) is 5.35. The Morgan fingerprint density at radius 2 is 1.24 bits per heavy atom. The van der Waals surface area contributed by atoms with Crippen LogP contribution in [0.4, 0.5) is 0 Å². The number of carboxylic acids is 1. The molecule has 0 fully saturated rings. The molecule has 0 aliphatic carbocycles. The number of hydrogen-bond acceptors (Lipinski definition) is 3. The Morgan fingerprint density at radius 1 is 0.720 bits per heavy atom. The van der Waals surface area contributed by atoms with E-state index in [-0.39, 0.29) is 5.56 Å². The van der Waals surface area contributed by atoms with Crippen molar-refractivity contribution in [3.8, 4) is 0 Å². The fraction of sp³-hybridized carbons (Fsp3) is 0. The molecule has 0 heterocycles. The maximum Gasteiger partial charge on any atom is 0.335 e. The number of nitrogens with zero attached hydrogens (tertiary/aromatic N) is 2. The summed E-state index contributed by atoms with van der Waals surface area (Å²) in [6.45, 7) is 0. The van der Waals surface area contributed by atoms with Crippen molar-refractivity contribution in [1.82, 2.24) is 0 Å². The van der Waals surface area contributed by atoms with Crippen LogP contribution in [0.25, 0.3) is 0 Å².